The molecule has 5 nitrogen and oxygen atoms in total. The van der Waals surface area contributed by atoms with Crippen LogP contribution in [0.3, 0.4) is 0 Å². The zero-order chi connectivity index (χ0) is 19.9. The van der Waals surface area contributed by atoms with E-state index in [2.05, 4.69) is 15.1 Å². The van der Waals surface area contributed by atoms with Crippen LogP contribution in [0.2, 0.25) is 0 Å². The highest BCUT2D eigenvalue weighted by Gasteiger charge is 2.32. The number of aromatic nitrogens is 4. The van der Waals surface area contributed by atoms with Crippen LogP contribution in [-0.4, -0.2) is 19.7 Å². The van der Waals surface area contributed by atoms with Gasteiger partial charge in [-0.05, 0) is 37.3 Å². The Balaban J connectivity index is 1.83. The average Bonchev–Trinajstić information content (AvgIpc) is 3.10. The molecule has 142 valence electrons. The Labute approximate surface area is 158 Å². The van der Waals surface area contributed by atoms with E-state index in [0.717, 1.165) is 28.4 Å². The van der Waals surface area contributed by atoms with Gasteiger partial charge in [0.25, 0.3) is 0 Å². The second-order valence-electron chi connectivity index (χ2n) is 6.45. The van der Waals surface area contributed by atoms with Crippen LogP contribution in [0.4, 0.5) is 13.2 Å². The van der Waals surface area contributed by atoms with Crippen LogP contribution in [0.25, 0.3) is 28.0 Å². The molecule has 0 radical (unpaired) electrons. The van der Waals surface area contributed by atoms with Crippen LogP contribution in [0.5, 0.6) is 0 Å². The number of hydrogen-bond donors (Lipinski definition) is 1. The fraction of sp³-hybridized carbons (Fsp3) is 0.150. The van der Waals surface area contributed by atoms with E-state index in [1.54, 1.807) is 6.20 Å². The monoisotopic (exact) mass is 383 g/mol. The predicted octanol–water partition coefficient (Wildman–Crippen LogP) is 4.52. The molecule has 0 unspecified atom stereocenters. The van der Waals surface area contributed by atoms with Crippen LogP contribution in [0.15, 0.2) is 60.8 Å². The summed E-state index contributed by atoms with van der Waals surface area (Å²) in [5.41, 5.74) is 7.87. The Bertz CT molecular complexity index is 1150. The van der Waals surface area contributed by atoms with Crippen LogP contribution in [-0.2, 0) is 6.18 Å². The lowest BCUT2D eigenvalue weighted by Crippen LogP contribution is -2.10. The molecular weight excluding hydrogens is 367 g/mol. The molecule has 4 aromatic rings. The standard InChI is InChI=1S/C20H16F3N5/c1-12(24)15-4-2-5-16(26-15)13-8-9-14-11-25-28(17(14)10-13)19-7-3-6-18(27-19)20(21,22)23/h2-12H,24H2,1H3/t12-/m1/s1. The van der Waals surface area contributed by atoms with Gasteiger partial charge in [0.2, 0.25) is 0 Å². The number of hydrogen-bond acceptors (Lipinski definition) is 4. The number of alkyl halides is 3. The number of fused-ring (bicyclic) bond motifs is 1. The third kappa shape index (κ3) is 3.34. The van der Waals surface area contributed by atoms with Crippen LogP contribution < -0.4 is 5.73 Å². The maximum absolute atomic E-state index is 13.0. The Hall–Kier alpha value is -3.26. The van der Waals surface area contributed by atoms with Gasteiger partial charge < -0.3 is 5.73 Å². The summed E-state index contributed by atoms with van der Waals surface area (Å²) in [7, 11) is 0. The fourth-order valence-corrected chi connectivity index (χ4v) is 2.93. The largest absolute Gasteiger partial charge is 0.433 e. The lowest BCUT2D eigenvalue weighted by Gasteiger charge is -2.10. The van der Waals surface area contributed by atoms with Crippen molar-refractivity contribution in [1.29, 1.82) is 0 Å². The lowest BCUT2D eigenvalue weighted by molar-refractivity contribution is -0.141. The summed E-state index contributed by atoms with van der Waals surface area (Å²) in [6, 6.07) is 14.7. The molecule has 0 aliphatic rings. The van der Waals surface area contributed by atoms with Gasteiger partial charge in [0.05, 0.1) is 23.1 Å². The molecule has 0 bridgehead atoms. The first kappa shape index (κ1) is 18.1. The zero-order valence-electron chi connectivity index (χ0n) is 14.9. The molecule has 0 spiro atoms. The number of rotatable bonds is 3. The second kappa shape index (κ2) is 6.72. The summed E-state index contributed by atoms with van der Waals surface area (Å²) in [6.07, 6.45) is -2.93. The molecule has 0 saturated heterocycles. The average molecular weight is 383 g/mol. The topological polar surface area (TPSA) is 69.6 Å². The van der Waals surface area contributed by atoms with Gasteiger partial charge in [0.15, 0.2) is 5.82 Å². The van der Waals surface area contributed by atoms with E-state index in [0.29, 0.717) is 5.52 Å². The molecular formula is C20H16F3N5. The van der Waals surface area contributed by atoms with Crippen molar-refractivity contribution in [2.24, 2.45) is 5.73 Å². The van der Waals surface area contributed by atoms with Crippen molar-refractivity contribution >= 4 is 10.9 Å². The molecule has 1 aromatic carbocycles. The van der Waals surface area contributed by atoms with Crippen molar-refractivity contribution in [2.75, 3.05) is 0 Å². The summed E-state index contributed by atoms with van der Waals surface area (Å²) in [4.78, 5) is 8.28. The van der Waals surface area contributed by atoms with Gasteiger partial charge in [-0.1, -0.05) is 24.3 Å². The van der Waals surface area contributed by atoms with Gasteiger partial charge in [-0.15, -0.1) is 0 Å². The maximum Gasteiger partial charge on any atom is 0.433 e. The van der Waals surface area contributed by atoms with Gasteiger partial charge in [0, 0.05) is 17.0 Å². The van der Waals surface area contributed by atoms with Crippen molar-refractivity contribution in [2.45, 2.75) is 19.1 Å². The van der Waals surface area contributed by atoms with Crippen LogP contribution in [0, 0.1) is 0 Å². The third-order valence-corrected chi connectivity index (χ3v) is 4.35. The number of nitrogens with zero attached hydrogens (tertiary/aromatic N) is 4. The molecule has 0 amide bonds. The first-order valence-electron chi connectivity index (χ1n) is 8.58. The minimum Gasteiger partial charge on any atom is -0.323 e. The first-order valence-corrected chi connectivity index (χ1v) is 8.58. The summed E-state index contributed by atoms with van der Waals surface area (Å²) in [5.74, 6) is 0.0965. The lowest BCUT2D eigenvalue weighted by atomic mass is 10.1. The van der Waals surface area contributed by atoms with Crippen LogP contribution in [0.1, 0.15) is 24.4 Å². The number of benzene rings is 1. The van der Waals surface area contributed by atoms with E-state index in [4.69, 9.17) is 5.73 Å². The zero-order valence-corrected chi connectivity index (χ0v) is 14.9. The van der Waals surface area contributed by atoms with Crippen molar-refractivity contribution in [3.8, 4) is 17.1 Å². The van der Waals surface area contributed by atoms with E-state index in [9.17, 15) is 13.2 Å². The van der Waals surface area contributed by atoms with Gasteiger partial charge in [-0.25, -0.2) is 9.67 Å². The smallest absolute Gasteiger partial charge is 0.323 e. The fourth-order valence-electron chi connectivity index (χ4n) is 2.93. The van der Waals surface area contributed by atoms with Crippen molar-refractivity contribution in [3.63, 3.8) is 0 Å². The SMILES string of the molecule is C[C@@H](N)c1cccc(-c2ccc3cnn(-c4cccc(C(F)(F)F)n4)c3c2)n1. The minimum atomic E-state index is -4.52. The number of nitrogens with two attached hydrogens (primary N) is 1. The van der Waals surface area contributed by atoms with E-state index in [1.807, 2.05) is 43.3 Å². The quantitative estimate of drug-likeness (QED) is 0.565. The maximum atomic E-state index is 13.0. The molecule has 4 rings (SSSR count). The molecule has 8 heteroatoms. The molecule has 1 atom stereocenters. The molecule has 0 aliphatic carbocycles. The Morgan fingerprint density at radius 1 is 1.00 bits per heavy atom. The molecule has 0 fully saturated rings. The molecule has 2 N–H and O–H groups in total. The van der Waals surface area contributed by atoms with Gasteiger partial charge in [-0.3, -0.25) is 4.98 Å². The molecule has 0 saturated carbocycles. The summed E-state index contributed by atoms with van der Waals surface area (Å²) in [5, 5.41) is 5.00. The summed E-state index contributed by atoms with van der Waals surface area (Å²) in [6.45, 7) is 1.85. The molecule has 0 aliphatic heterocycles. The van der Waals surface area contributed by atoms with E-state index in [1.165, 1.54) is 16.8 Å². The highest BCUT2D eigenvalue weighted by Crippen LogP contribution is 2.29. The highest BCUT2D eigenvalue weighted by molar-refractivity contribution is 5.84. The Kier molecular flexibility index (Phi) is 4.35. The Morgan fingerprint density at radius 2 is 1.79 bits per heavy atom. The summed E-state index contributed by atoms with van der Waals surface area (Å²) < 4.78 is 40.4. The van der Waals surface area contributed by atoms with Gasteiger partial charge in [-0.2, -0.15) is 18.3 Å². The molecule has 3 aromatic heterocycles. The second-order valence-corrected chi connectivity index (χ2v) is 6.45. The predicted molar refractivity (Wildman–Crippen MR) is 99.7 cm³/mol. The van der Waals surface area contributed by atoms with Crippen molar-refractivity contribution in [1.82, 2.24) is 19.7 Å². The van der Waals surface area contributed by atoms with E-state index < -0.39 is 11.9 Å². The van der Waals surface area contributed by atoms with Crippen LogP contribution >= 0.6 is 0 Å². The van der Waals surface area contributed by atoms with Gasteiger partial charge in [0.1, 0.15) is 5.69 Å². The minimum absolute atomic E-state index is 0.0965. The normalized spacial score (nSPS) is 13.0. The molecule has 3 heterocycles. The first-order chi connectivity index (χ1) is 13.3. The summed E-state index contributed by atoms with van der Waals surface area (Å²) >= 11 is 0. The number of halogens is 3. The Morgan fingerprint density at radius 3 is 2.54 bits per heavy atom. The third-order valence-electron chi connectivity index (χ3n) is 4.35. The van der Waals surface area contributed by atoms with Crippen molar-refractivity contribution in [3.05, 3.63) is 72.2 Å². The van der Waals surface area contributed by atoms with E-state index >= 15 is 0 Å². The molecule has 28 heavy (non-hydrogen) atoms. The highest BCUT2D eigenvalue weighted by atomic mass is 19.4. The van der Waals surface area contributed by atoms with Gasteiger partial charge >= 0.3 is 6.18 Å². The number of pyridine rings is 2. The van der Waals surface area contributed by atoms with E-state index in [-0.39, 0.29) is 11.9 Å². The van der Waals surface area contributed by atoms with Crippen molar-refractivity contribution < 1.29 is 13.2 Å².